The summed E-state index contributed by atoms with van der Waals surface area (Å²) in [7, 11) is 0. The lowest BCUT2D eigenvalue weighted by molar-refractivity contribution is -0.129. The van der Waals surface area contributed by atoms with Gasteiger partial charge in [-0.3, -0.25) is 4.79 Å². The van der Waals surface area contributed by atoms with Gasteiger partial charge in [0.05, 0.1) is 0 Å². The molecule has 0 atom stereocenters. The number of carbonyl (C=O) groups excluding carboxylic acids is 1. The third-order valence-electron chi connectivity index (χ3n) is 3.03. The summed E-state index contributed by atoms with van der Waals surface area (Å²) >= 11 is 0. The predicted octanol–water partition coefficient (Wildman–Crippen LogP) is 1.48. The third-order valence-corrected chi connectivity index (χ3v) is 3.03. The van der Waals surface area contributed by atoms with Crippen molar-refractivity contribution in [3.63, 3.8) is 0 Å². The number of aliphatic hydroxyl groups excluding tert-OH is 1. The van der Waals surface area contributed by atoms with Crippen molar-refractivity contribution in [3.05, 3.63) is 58.2 Å². The fourth-order valence-electron chi connectivity index (χ4n) is 1.92. The summed E-state index contributed by atoms with van der Waals surface area (Å²) in [5, 5.41) is 8.84. The standard InChI is InChI=1S/C16H12O7/c17-7-11-6-12(18)15(8-20-11)23-16(19)4-2-10-1-3-13-14(5-10)22-9-21-13/h1-6,8,17H,7,9H2/b4-2+. The molecule has 1 aliphatic heterocycles. The molecule has 0 radical (unpaired) electrons. The zero-order chi connectivity index (χ0) is 16.2. The second kappa shape index (κ2) is 6.37. The van der Waals surface area contributed by atoms with Crippen molar-refractivity contribution in [2.24, 2.45) is 0 Å². The van der Waals surface area contributed by atoms with Gasteiger partial charge in [-0.15, -0.1) is 0 Å². The lowest BCUT2D eigenvalue weighted by Gasteiger charge is -2.01. The normalized spacial score (nSPS) is 12.6. The summed E-state index contributed by atoms with van der Waals surface area (Å²) in [5.41, 5.74) is 0.166. The van der Waals surface area contributed by atoms with Gasteiger partial charge in [0, 0.05) is 12.1 Å². The van der Waals surface area contributed by atoms with Crippen LogP contribution in [-0.2, 0) is 11.4 Å². The number of aliphatic hydroxyl groups is 1. The molecule has 0 aliphatic carbocycles. The number of hydrogen-bond donors (Lipinski definition) is 1. The third kappa shape index (κ3) is 3.41. The van der Waals surface area contributed by atoms with Crippen LogP contribution in [0.25, 0.3) is 6.08 Å². The minimum Gasteiger partial charge on any atom is -0.463 e. The molecule has 0 bridgehead atoms. The fourth-order valence-corrected chi connectivity index (χ4v) is 1.92. The molecule has 2 aromatic rings. The number of carbonyl (C=O) groups is 1. The molecule has 3 rings (SSSR count). The Hall–Kier alpha value is -3.06. The predicted molar refractivity (Wildman–Crippen MR) is 78.1 cm³/mol. The summed E-state index contributed by atoms with van der Waals surface area (Å²) in [6.45, 7) is -0.238. The average molecular weight is 316 g/mol. The van der Waals surface area contributed by atoms with Crippen molar-refractivity contribution in [3.8, 4) is 17.2 Å². The number of esters is 1. The smallest absolute Gasteiger partial charge is 0.336 e. The van der Waals surface area contributed by atoms with Gasteiger partial charge < -0.3 is 23.7 Å². The van der Waals surface area contributed by atoms with E-state index in [-0.39, 0.29) is 18.3 Å². The molecular formula is C16H12O7. The highest BCUT2D eigenvalue weighted by Gasteiger charge is 2.12. The Morgan fingerprint density at radius 1 is 1.26 bits per heavy atom. The molecule has 1 aromatic carbocycles. The maximum atomic E-state index is 11.7. The zero-order valence-electron chi connectivity index (χ0n) is 11.9. The first-order chi connectivity index (χ1) is 11.2. The van der Waals surface area contributed by atoms with E-state index in [2.05, 4.69) is 0 Å². The number of benzene rings is 1. The van der Waals surface area contributed by atoms with Crippen LogP contribution in [0.2, 0.25) is 0 Å². The van der Waals surface area contributed by atoms with E-state index in [0.717, 1.165) is 12.3 Å². The quantitative estimate of drug-likeness (QED) is 0.674. The molecule has 23 heavy (non-hydrogen) atoms. The van der Waals surface area contributed by atoms with E-state index >= 15 is 0 Å². The van der Waals surface area contributed by atoms with Crippen molar-refractivity contribution in [1.82, 2.24) is 0 Å². The summed E-state index contributed by atoms with van der Waals surface area (Å²) in [6, 6.07) is 6.26. The molecule has 2 heterocycles. The SMILES string of the molecule is O=C(/C=C/c1ccc2c(c1)OCO2)Oc1coc(CO)cc1=O. The van der Waals surface area contributed by atoms with Crippen LogP contribution in [-0.4, -0.2) is 17.9 Å². The summed E-state index contributed by atoms with van der Waals surface area (Å²) in [6.07, 6.45) is 3.69. The van der Waals surface area contributed by atoms with Crippen molar-refractivity contribution in [2.45, 2.75) is 6.61 Å². The summed E-state index contributed by atoms with van der Waals surface area (Å²) < 4.78 is 20.2. The first-order valence-electron chi connectivity index (χ1n) is 6.68. The van der Waals surface area contributed by atoms with Crippen LogP contribution in [0.5, 0.6) is 17.2 Å². The van der Waals surface area contributed by atoms with E-state index < -0.39 is 18.0 Å². The van der Waals surface area contributed by atoms with Gasteiger partial charge in [0.2, 0.25) is 18.0 Å². The molecule has 1 aromatic heterocycles. The Morgan fingerprint density at radius 3 is 2.87 bits per heavy atom. The van der Waals surface area contributed by atoms with Gasteiger partial charge in [-0.25, -0.2) is 4.79 Å². The Labute approximate surface area is 130 Å². The van der Waals surface area contributed by atoms with Crippen molar-refractivity contribution < 1.29 is 28.5 Å². The fraction of sp³-hybridized carbons (Fsp3) is 0.125. The van der Waals surface area contributed by atoms with Crippen molar-refractivity contribution in [2.75, 3.05) is 6.79 Å². The molecule has 1 aliphatic rings. The first-order valence-corrected chi connectivity index (χ1v) is 6.68. The van der Waals surface area contributed by atoms with E-state index in [1.165, 1.54) is 12.2 Å². The van der Waals surface area contributed by atoms with Crippen molar-refractivity contribution >= 4 is 12.0 Å². The minimum atomic E-state index is -0.730. The number of hydrogen-bond acceptors (Lipinski definition) is 7. The second-order valence-electron chi connectivity index (χ2n) is 4.60. The Morgan fingerprint density at radius 2 is 2.09 bits per heavy atom. The van der Waals surface area contributed by atoms with Crippen LogP contribution in [0.15, 0.2) is 45.8 Å². The van der Waals surface area contributed by atoms with Gasteiger partial charge in [0.25, 0.3) is 0 Å². The van der Waals surface area contributed by atoms with Crippen LogP contribution in [0.3, 0.4) is 0 Å². The van der Waals surface area contributed by atoms with Crippen LogP contribution in [0, 0.1) is 0 Å². The topological polar surface area (TPSA) is 95.2 Å². The van der Waals surface area contributed by atoms with Crippen LogP contribution >= 0.6 is 0 Å². The molecule has 0 fully saturated rings. The zero-order valence-corrected chi connectivity index (χ0v) is 11.9. The van der Waals surface area contributed by atoms with Crippen LogP contribution < -0.4 is 19.6 Å². The number of ether oxygens (including phenoxy) is 3. The van der Waals surface area contributed by atoms with Gasteiger partial charge in [-0.2, -0.15) is 0 Å². The Kier molecular flexibility index (Phi) is 4.11. The van der Waals surface area contributed by atoms with Gasteiger partial charge in [-0.1, -0.05) is 6.07 Å². The van der Waals surface area contributed by atoms with E-state index in [0.29, 0.717) is 17.1 Å². The van der Waals surface area contributed by atoms with E-state index in [1.54, 1.807) is 18.2 Å². The van der Waals surface area contributed by atoms with E-state index in [4.69, 9.17) is 23.7 Å². The van der Waals surface area contributed by atoms with Gasteiger partial charge in [0.1, 0.15) is 18.6 Å². The molecule has 7 nitrogen and oxygen atoms in total. The molecule has 118 valence electrons. The molecule has 1 N–H and O–H groups in total. The van der Waals surface area contributed by atoms with Crippen LogP contribution in [0.1, 0.15) is 11.3 Å². The monoisotopic (exact) mass is 316 g/mol. The second-order valence-corrected chi connectivity index (χ2v) is 4.60. The summed E-state index contributed by atoms with van der Waals surface area (Å²) in [4.78, 5) is 23.4. The van der Waals surface area contributed by atoms with Gasteiger partial charge in [-0.05, 0) is 23.8 Å². The molecule has 0 saturated carbocycles. The lowest BCUT2D eigenvalue weighted by atomic mass is 10.2. The molecule has 7 heteroatoms. The van der Waals surface area contributed by atoms with E-state index in [1.807, 2.05) is 0 Å². The maximum Gasteiger partial charge on any atom is 0.336 e. The molecule has 0 spiro atoms. The number of fused-ring (bicyclic) bond motifs is 1. The Balaban J connectivity index is 1.68. The molecule has 0 saturated heterocycles. The molecular weight excluding hydrogens is 304 g/mol. The van der Waals surface area contributed by atoms with E-state index in [9.17, 15) is 9.59 Å². The summed E-state index contributed by atoms with van der Waals surface area (Å²) in [5.74, 6) is 0.354. The average Bonchev–Trinajstić information content (AvgIpc) is 3.02. The van der Waals surface area contributed by atoms with Gasteiger partial charge in [0.15, 0.2) is 11.5 Å². The largest absolute Gasteiger partial charge is 0.463 e. The molecule has 0 amide bonds. The highest BCUT2D eigenvalue weighted by molar-refractivity contribution is 5.88. The highest BCUT2D eigenvalue weighted by atomic mass is 16.7. The molecule has 0 unspecified atom stereocenters. The highest BCUT2D eigenvalue weighted by Crippen LogP contribution is 2.32. The minimum absolute atomic E-state index is 0.0886. The number of rotatable bonds is 4. The van der Waals surface area contributed by atoms with Gasteiger partial charge >= 0.3 is 5.97 Å². The Bertz CT molecular complexity index is 819. The first kappa shape index (κ1) is 14.9. The van der Waals surface area contributed by atoms with Crippen LogP contribution in [0.4, 0.5) is 0 Å². The van der Waals surface area contributed by atoms with Crippen molar-refractivity contribution in [1.29, 1.82) is 0 Å². The maximum absolute atomic E-state index is 11.7. The lowest BCUT2D eigenvalue weighted by Crippen LogP contribution is -2.12.